The van der Waals surface area contributed by atoms with Crippen LogP contribution in [0.15, 0.2) is 46.2 Å². The molecule has 1 N–H and O–H groups in total. The van der Waals surface area contributed by atoms with E-state index in [1.54, 1.807) is 12.1 Å². The molecule has 0 unspecified atom stereocenters. The molecule has 0 spiro atoms. The number of carbonyl (C=O) groups excluding carboxylic acids is 1. The summed E-state index contributed by atoms with van der Waals surface area (Å²) >= 11 is 0. The minimum absolute atomic E-state index is 0.305. The van der Waals surface area contributed by atoms with Gasteiger partial charge >= 0.3 is 0 Å². The molecule has 1 aromatic heterocycles. The SMILES string of the molecule is COc1ccc(C)cc1NC(=O)Cn1cccc(S(=O)(=O)N2CCC(C)CC2)c1=O. The number of anilines is 1. The van der Waals surface area contributed by atoms with Crippen molar-refractivity contribution in [3.05, 3.63) is 52.4 Å². The van der Waals surface area contributed by atoms with Crippen LogP contribution in [-0.4, -0.2) is 43.4 Å². The number of hydrogen-bond acceptors (Lipinski definition) is 5. The van der Waals surface area contributed by atoms with Crippen LogP contribution in [0.4, 0.5) is 5.69 Å². The van der Waals surface area contributed by atoms with Crippen molar-refractivity contribution < 1.29 is 17.9 Å². The highest BCUT2D eigenvalue weighted by Gasteiger charge is 2.30. The van der Waals surface area contributed by atoms with E-state index >= 15 is 0 Å². The van der Waals surface area contributed by atoms with Crippen molar-refractivity contribution in [1.29, 1.82) is 0 Å². The molecule has 0 atom stereocenters. The third kappa shape index (κ3) is 4.73. The van der Waals surface area contributed by atoms with Gasteiger partial charge in [0.2, 0.25) is 15.9 Å². The molecule has 0 bridgehead atoms. The van der Waals surface area contributed by atoms with Gasteiger partial charge in [0, 0.05) is 19.3 Å². The lowest BCUT2D eigenvalue weighted by Crippen LogP contribution is -2.41. The quantitative estimate of drug-likeness (QED) is 0.753. The van der Waals surface area contributed by atoms with E-state index in [-0.39, 0.29) is 11.4 Å². The Hall–Kier alpha value is -2.65. The van der Waals surface area contributed by atoms with Gasteiger partial charge in [-0.2, -0.15) is 4.31 Å². The van der Waals surface area contributed by atoms with E-state index in [0.717, 1.165) is 23.0 Å². The van der Waals surface area contributed by atoms with Gasteiger partial charge in [-0.05, 0) is 55.5 Å². The zero-order valence-corrected chi connectivity index (χ0v) is 18.2. The van der Waals surface area contributed by atoms with E-state index in [1.807, 2.05) is 13.0 Å². The molecule has 2 aromatic rings. The van der Waals surface area contributed by atoms with Gasteiger partial charge < -0.3 is 14.6 Å². The van der Waals surface area contributed by atoms with Crippen molar-refractivity contribution in [1.82, 2.24) is 8.87 Å². The van der Waals surface area contributed by atoms with Crippen LogP contribution in [0.1, 0.15) is 25.3 Å². The summed E-state index contributed by atoms with van der Waals surface area (Å²) in [6, 6.07) is 8.13. The van der Waals surface area contributed by atoms with Gasteiger partial charge in [-0.15, -0.1) is 0 Å². The summed E-state index contributed by atoms with van der Waals surface area (Å²) < 4.78 is 33.6. The lowest BCUT2D eigenvalue weighted by Gasteiger charge is -2.29. The molecule has 162 valence electrons. The van der Waals surface area contributed by atoms with Gasteiger partial charge in [-0.1, -0.05) is 13.0 Å². The maximum atomic E-state index is 13.0. The van der Waals surface area contributed by atoms with Gasteiger partial charge in [0.1, 0.15) is 17.2 Å². The topological polar surface area (TPSA) is 97.7 Å². The summed E-state index contributed by atoms with van der Waals surface area (Å²) in [5.74, 6) is 0.505. The van der Waals surface area contributed by atoms with Gasteiger partial charge in [0.25, 0.3) is 5.56 Å². The number of ether oxygens (including phenoxy) is 1. The van der Waals surface area contributed by atoms with Crippen LogP contribution in [0, 0.1) is 12.8 Å². The largest absolute Gasteiger partial charge is 0.495 e. The zero-order chi connectivity index (χ0) is 21.9. The number of pyridine rings is 1. The Balaban J connectivity index is 1.81. The molecule has 2 heterocycles. The van der Waals surface area contributed by atoms with Crippen LogP contribution in [0.5, 0.6) is 5.75 Å². The highest BCUT2D eigenvalue weighted by Crippen LogP contribution is 2.25. The Morgan fingerprint density at radius 2 is 1.93 bits per heavy atom. The third-order valence-electron chi connectivity index (χ3n) is 5.29. The number of piperidine rings is 1. The van der Waals surface area contributed by atoms with Crippen molar-refractivity contribution in [3.63, 3.8) is 0 Å². The predicted octanol–water partition coefficient (Wildman–Crippen LogP) is 2.22. The fourth-order valence-corrected chi connectivity index (χ4v) is 5.02. The molecule has 1 aliphatic heterocycles. The standard InChI is InChI=1S/C21H27N3O5S/c1-15-8-11-24(12-9-15)30(27,28)19-5-4-10-23(21(19)26)14-20(25)22-17-13-16(2)6-7-18(17)29-3/h4-7,10,13,15H,8-9,11-12,14H2,1-3H3,(H,22,25). The van der Waals surface area contributed by atoms with Crippen LogP contribution in [0.25, 0.3) is 0 Å². The van der Waals surface area contributed by atoms with Crippen LogP contribution in [0.2, 0.25) is 0 Å². The molecule has 8 nitrogen and oxygen atoms in total. The average Bonchev–Trinajstić information content (AvgIpc) is 2.70. The maximum absolute atomic E-state index is 13.0. The number of rotatable bonds is 6. The normalized spacial score (nSPS) is 15.7. The molecule has 1 aliphatic rings. The number of sulfonamides is 1. The first-order valence-corrected chi connectivity index (χ1v) is 11.3. The number of benzene rings is 1. The molecular weight excluding hydrogens is 406 g/mol. The van der Waals surface area contributed by atoms with Crippen LogP contribution in [0.3, 0.4) is 0 Å². The van der Waals surface area contributed by atoms with Gasteiger partial charge in [-0.25, -0.2) is 8.42 Å². The highest BCUT2D eigenvalue weighted by atomic mass is 32.2. The summed E-state index contributed by atoms with van der Waals surface area (Å²) in [7, 11) is -2.40. The van der Waals surface area contributed by atoms with Crippen LogP contribution < -0.4 is 15.6 Å². The number of carbonyl (C=O) groups is 1. The number of nitrogens with zero attached hydrogens (tertiary/aromatic N) is 2. The highest BCUT2D eigenvalue weighted by molar-refractivity contribution is 7.89. The minimum Gasteiger partial charge on any atom is -0.495 e. The number of aryl methyl sites for hydroxylation is 1. The lowest BCUT2D eigenvalue weighted by molar-refractivity contribution is -0.116. The Morgan fingerprint density at radius 3 is 2.60 bits per heavy atom. The second kappa shape index (κ2) is 9.01. The molecule has 30 heavy (non-hydrogen) atoms. The van der Waals surface area contributed by atoms with Crippen LogP contribution in [-0.2, 0) is 21.4 Å². The molecule has 1 aromatic carbocycles. The summed E-state index contributed by atoms with van der Waals surface area (Å²) in [5, 5.41) is 2.72. The molecule has 0 radical (unpaired) electrons. The summed E-state index contributed by atoms with van der Waals surface area (Å²) in [6.45, 7) is 4.45. The van der Waals surface area contributed by atoms with E-state index in [1.165, 1.54) is 29.7 Å². The lowest BCUT2D eigenvalue weighted by atomic mass is 10.0. The summed E-state index contributed by atoms with van der Waals surface area (Å²) in [6.07, 6.45) is 2.94. The number of hydrogen-bond donors (Lipinski definition) is 1. The van der Waals surface area contributed by atoms with Crippen molar-refractivity contribution >= 4 is 21.6 Å². The van der Waals surface area contributed by atoms with Crippen molar-refractivity contribution in [2.45, 2.75) is 38.1 Å². The van der Waals surface area contributed by atoms with E-state index in [9.17, 15) is 18.0 Å². The predicted molar refractivity (Wildman–Crippen MR) is 114 cm³/mol. The Labute approximate surface area is 176 Å². The number of nitrogens with one attached hydrogen (secondary N) is 1. The smallest absolute Gasteiger partial charge is 0.271 e. The van der Waals surface area contributed by atoms with Gasteiger partial charge in [0.15, 0.2) is 0 Å². The van der Waals surface area contributed by atoms with E-state index in [0.29, 0.717) is 30.4 Å². The van der Waals surface area contributed by atoms with Crippen molar-refractivity contribution in [2.24, 2.45) is 5.92 Å². The van der Waals surface area contributed by atoms with Gasteiger partial charge in [0.05, 0.1) is 12.8 Å². The zero-order valence-electron chi connectivity index (χ0n) is 17.4. The first-order chi connectivity index (χ1) is 14.2. The first-order valence-electron chi connectivity index (χ1n) is 9.86. The maximum Gasteiger partial charge on any atom is 0.271 e. The van der Waals surface area contributed by atoms with E-state index < -0.39 is 21.5 Å². The van der Waals surface area contributed by atoms with E-state index in [4.69, 9.17) is 4.74 Å². The Bertz CT molecular complexity index is 1090. The van der Waals surface area contributed by atoms with Crippen molar-refractivity contribution in [3.8, 4) is 5.75 Å². The van der Waals surface area contributed by atoms with Gasteiger partial charge in [-0.3, -0.25) is 9.59 Å². The number of aromatic nitrogens is 1. The molecule has 1 fully saturated rings. The Kier molecular flexibility index (Phi) is 6.62. The molecule has 0 aliphatic carbocycles. The summed E-state index contributed by atoms with van der Waals surface area (Å²) in [5.41, 5.74) is 0.719. The minimum atomic E-state index is -3.90. The molecular formula is C21H27N3O5S. The second-order valence-electron chi connectivity index (χ2n) is 7.64. The summed E-state index contributed by atoms with van der Waals surface area (Å²) in [4.78, 5) is 25.1. The number of methoxy groups -OCH3 is 1. The third-order valence-corrected chi connectivity index (χ3v) is 7.20. The molecule has 1 saturated heterocycles. The Morgan fingerprint density at radius 1 is 1.23 bits per heavy atom. The molecule has 9 heteroatoms. The first kappa shape index (κ1) is 22.0. The fourth-order valence-electron chi connectivity index (χ4n) is 3.46. The fraction of sp³-hybridized carbons (Fsp3) is 0.429. The number of amides is 1. The molecule has 0 saturated carbocycles. The average molecular weight is 434 g/mol. The van der Waals surface area contributed by atoms with E-state index in [2.05, 4.69) is 12.2 Å². The van der Waals surface area contributed by atoms with Crippen LogP contribution >= 0.6 is 0 Å². The second-order valence-corrected chi connectivity index (χ2v) is 9.55. The molecule has 3 rings (SSSR count). The monoisotopic (exact) mass is 433 g/mol. The molecule has 1 amide bonds. The van der Waals surface area contributed by atoms with Crippen molar-refractivity contribution in [2.75, 3.05) is 25.5 Å².